The highest BCUT2D eigenvalue weighted by molar-refractivity contribution is 5.99. The first-order valence-corrected chi connectivity index (χ1v) is 9.00. The summed E-state index contributed by atoms with van der Waals surface area (Å²) >= 11 is 0. The van der Waals surface area contributed by atoms with E-state index in [0.717, 1.165) is 27.8 Å². The zero-order chi connectivity index (χ0) is 19.7. The molecule has 1 aliphatic rings. The molecule has 0 saturated carbocycles. The van der Waals surface area contributed by atoms with Crippen LogP contribution in [-0.2, 0) is 4.74 Å². The van der Waals surface area contributed by atoms with Crippen LogP contribution < -0.4 is 5.32 Å². The summed E-state index contributed by atoms with van der Waals surface area (Å²) in [6.07, 6.45) is -0.673. The average Bonchev–Trinajstić information content (AvgIpc) is 3.01. The molecule has 140 valence electrons. The van der Waals surface area contributed by atoms with Gasteiger partial charge in [0, 0.05) is 5.92 Å². The Morgan fingerprint density at radius 2 is 1.57 bits per heavy atom. The van der Waals surface area contributed by atoms with Crippen molar-refractivity contribution < 1.29 is 19.4 Å². The summed E-state index contributed by atoms with van der Waals surface area (Å²) in [5.74, 6) is -1.15. The Balaban J connectivity index is 1.51. The number of ether oxygens (including phenoxy) is 1. The van der Waals surface area contributed by atoms with Gasteiger partial charge in [0.15, 0.2) is 0 Å². The van der Waals surface area contributed by atoms with Crippen LogP contribution in [0.3, 0.4) is 0 Å². The van der Waals surface area contributed by atoms with Crippen LogP contribution in [0.1, 0.15) is 33.0 Å². The Bertz CT molecular complexity index is 1030. The van der Waals surface area contributed by atoms with E-state index in [-0.39, 0.29) is 23.8 Å². The smallest absolute Gasteiger partial charge is 0.411 e. The molecule has 28 heavy (non-hydrogen) atoms. The molecule has 5 heteroatoms. The highest BCUT2D eigenvalue weighted by Crippen LogP contribution is 2.44. The van der Waals surface area contributed by atoms with E-state index in [0.29, 0.717) is 0 Å². The molecule has 0 heterocycles. The number of carbonyl (C=O) groups is 2. The lowest BCUT2D eigenvalue weighted by Gasteiger charge is -2.15. The van der Waals surface area contributed by atoms with Crippen molar-refractivity contribution in [3.8, 4) is 11.1 Å². The van der Waals surface area contributed by atoms with E-state index in [1.54, 1.807) is 19.1 Å². The van der Waals surface area contributed by atoms with Crippen LogP contribution in [-0.4, -0.2) is 23.8 Å². The summed E-state index contributed by atoms with van der Waals surface area (Å²) in [6.45, 7) is 1.97. The number of hydrogen-bond donors (Lipinski definition) is 2. The molecule has 0 aromatic heterocycles. The fraction of sp³-hybridized carbons (Fsp3) is 0.130. The van der Waals surface area contributed by atoms with Crippen molar-refractivity contribution in [3.63, 3.8) is 0 Å². The fourth-order valence-corrected chi connectivity index (χ4v) is 3.69. The number of aryl methyl sites for hydroxylation is 1. The maximum absolute atomic E-state index is 12.3. The van der Waals surface area contributed by atoms with Crippen LogP contribution in [0.5, 0.6) is 0 Å². The van der Waals surface area contributed by atoms with Crippen LogP contribution in [0.15, 0.2) is 66.7 Å². The summed E-state index contributed by atoms with van der Waals surface area (Å²) in [5.41, 5.74) is 5.60. The molecule has 0 saturated heterocycles. The number of hydrogen-bond acceptors (Lipinski definition) is 3. The van der Waals surface area contributed by atoms with E-state index >= 15 is 0 Å². The number of benzene rings is 3. The van der Waals surface area contributed by atoms with Gasteiger partial charge in [-0.05, 0) is 41.3 Å². The van der Waals surface area contributed by atoms with Crippen LogP contribution in [0.25, 0.3) is 11.1 Å². The van der Waals surface area contributed by atoms with Gasteiger partial charge >= 0.3 is 12.1 Å². The summed E-state index contributed by atoms with van der Waals surface area (Å²) in [4.78, 5) is 23.7. The van der Waals surface area contributed by atoms with Gasteiger partial charge in [-0.15, -0.1) is 0 Å². The second-order valence-electron chi connectivity index (χ2n) is 6.80. The molecule has 0 aliphatic heterocycles. The SMILES string of the molecule is Cc1ccc(NC(=O)OCC2c3ccccc3-c3ccccc32)c(C(=O)O)c1. The molecule has 0 unspecified atom stereocenters. The zero-order valence-corrected chi connectivity index (χ0v) is 15.3. The Labute approximate surface area is 162 Å². The Hall–Kier alpha value is -3.60. The predicted molar refractivity (Wildman–Crippen MR) is 107 cm³/mol. The Morgan fingerprint density at radius 3 is 2.18 bits per heavy atom. The predicted octanol–water partition coefficient (Wildman–Crippen LogP) is 5.05. The van der Waals surface area contributed by atoms with E-state index in [2.05, 4.69) is 17.4 Å². The standard InChI is InChI=1S/C23H19NO4/c1-14-10-11-21(19(12-14)22(25)26)24-23(27)28-13-20-17-8-4-2-6-15(17)16-7-3-5-9-18(16)20/h2-12,20H,13H2,1H3,(H,24,27)(H,25,26). The molecule has 4 rings (SSSR count). The van der Waals surface area contributed by atoms with Crippen molar-refractivity contribution in [2.75, 3.05) is 11.9 Å². The van der Waals surface area contributed by atoms with Crippen molar-refractivity contribution >= 4 is 17.7 Å². The largest absolute Gasteiger partial charge is 0.478 e. The molecular weight excluding hydrogens is 354 g/mol. The molecule has 2 N–H and O–H groups in total. The van der Waals surface area contributed by atoms with Gasteiger partial charge in [0.2, 0.25) is 0 Å². The van der Waals surface area contributed by atoms with Gasteiger partial charge in [0.25, 0.3) is 0 Å². The molecule has 1 amide bonds. The number of nitrogens with one attached hydrogen (secondary N) is 1. The molecule has 3 aromatic carbocycles. The molecule has 5 nitrogen and oxygen atoms in total. The Kier molecular flexibility index (Phi) is 4.57. The number of aromatic carboxylic acids is 1. The lowest BCUT2D eigenvalue weighted by molar-refractivity contribution is 0.0698. The van der Waals surface area contributed by atoms with Crippen LogP contribution in [0, 0.1) is 6.92 Å². The third kappa shape index (κ3) is 3.22. The monoisotopic (exact) mass is 373 g/mol. The van der Waals surface area contributed by atoms with Gasteiger partial charge in [-0.1, -0.05) is 60.2 Å². The van der Waals surface area contributed by atoms with Gasteiger partial charge in [-0.25, -0.2) is 9.59 Å². The van der Waals surface area contributed by atoms with Gasteiger partial charge in [0.05, 0.1) is 11.3 Å². The first kappa shape index (κ1) is 17.8. The molecular formula is C23H19NO4. The maximum atomic E-state index is 12.3. The van der Waals surface area contributed by atoms with Gasteiger partial charge in [-0.2, -0.15) is 0 Å². The molecule has 0 atom stereocenters. The minimum atomic E-state index is -1.10. The highest BCUT2D eigenvalue weighted by Gasteiger charge is 2.29. The number of fused-ring (bicyclic) bond motifs is 3. The molecule has 3 aromatic rings. The van der Waals surface area contributed by atoms with Crippen molar-refractivity contribution in [1.29, 1.82) is 0 Å². The molecule has 0 fully saturated rings. The van der Waals surface area contributed by atoms with Gasteiger partial charge < -0.3 is 9.84 Å². The number of anilines is 1. The lowest BCUT2D eigenvalue weighted by atomic mass is 9.98. The molecule has 0 spiro atoms. The summed E-state index contributed by atoms with van der Waals surface area (Å²) in [7, 11) is 0. The van der Waals surface area contributed by atoms with E-state index in [1.807, 2.05) is 36.4 Å². The van der Waals surface area contributed by atoms with Crippen LogP contribution in [0.2, 0.25) is 0 Å². The van der Waals surface area contributed by atoms with E-state index < -0.39 is 12.1 Å². The minimum Gasteiger partial charge on any atom is -0.478 e. The van der Waals surface area contributed by atoms with Gasteiger partial charge in [0.1, 0.15) is 6.61 Å². The summed E-state index contributed by atoms with van der Waals surface area (Å²) < 4.78 is 5.47. The zero-order valence-electron chi connectivity index (χ0n) is 15.3. The quantitative estimate of drug-likeness (QED) is 0.671. The maximum Gasteiger partial charge on any atom is 0.411 e. The highest BCUT2D eigenvalue weighted by atomic mass is 16.5. The number of carbonyl (C=O) groups excluding carboxylic acids is 1. The molecule has 1 aliphatic carbocycles. The van der Waals surface area contributed by atoms with E-state index in [4.69, 9.17) is 4.74 Å². The number of carboxylic acid groups (broad SMARTS) is 1. The van der Waals surface area contributed by atoms with Gasteiger partial charge in [-0.3, -0.25) is 5.32 Å². The third-order valence-electron chi connectivity index (χ3n) is 4.99. The number of rotatable bonds is 4. The second kappa shape index (κ2) is 7.19. The van der Waals surface area contributed by atoms with E-state index in [1.165, 1.54) is 6.07 Å². The number of carboxylic acids is 1. The molecule has 0 bridgehead atoms. The number of amides is 1. The Morgan fingerprint density at radius 1 is 0.964 bits per heavy atom. The first-order valence-electron chi connectivity index (χ1n) is 9.00. The van der Waals surface area contributed by atoms with Crippen LogP contribution in [0.4, 0.5) is 10.5 Å². The summed E-state index contributed by atoms with van der Waals surface area (Å²) in [5, 5.41) is 11.9. The van der Waals surface area contributed by atoms with Crippen molar-refractivity contribution in [1.82, 2.24) is 0 Å². The normalized spacial score (nSPS) is 12.2. The minimum absolute atomic E-state index is 0.0357. The van der Waals surface area contributed by atoms with Crippen molar-refractivity contribution in [3.05, 3.63) is 89.0 Å². The first-order chi connectivity index (χ1) is 13.5. The molecule has 0 radical (unpaired) electrons. The van der Waals surface area contributed by atoms with E-state index in [9.17, 15) is 14.7 Å². The van der Waals surface area contributed by atoms with Crippen molar-refractivity contribution in [2.45, 2.75) is 12.8 Å². The lowest BCUT2D eigenvalue weighted by Crippen LogP contribution is -2.19. The second-order valence-corrected chi connectivity index (χ2v) is 6.80. The van der Waals surface area contributed by atoms with Crippen molar-refractivity contribution in [2.24, 2.45) is 0 Å². The van der Waals surface area contributed by atoms with Crippen LogP contribution >= 0.6 is 0 Å². The fourth-order valence-electron chi connectivity index (χ4n) is 3.69. The average molecular weight is 373 g/mol. The third-order valence-corrected chi connectivity index (χ3v) is 4.99. The topological polar surface area (TPSA) is 75.6 Å². The summed E-state index contributed by atoms with van der Waals surface area (Å²) in [6, 6.07) is 21.0.